The lowest BCUT2D eigenvalue weighted by atomic mass is 9.97. The van der Waals surface area contributed by atoms with Crippen LogP contribution in [-0.2, 0) is 9.59 Å². The van der Waals surface area contributed by atoms with Gasteiger partial charge >= 0.3 is 0 Å². The lowest BCUT2D eigenvalue weighted by Gasteiger charge is -2.36. The minimum absolute atomic E-state index is 0.107. The van der Waals surface area contributed by atoms with Crippen LogP contribution in [0.1, 0.15) is 22.3 Å². The first kappa shape index (κ1) is 22.5. The summed E-state index contributed by atoms with van der Waals surface area (Å²) in [6, 6.07) is 11.2. The normalized spacial score (nSPS) is 17.7. The summed E-state index contributed by atoms with van der Waals surface area (Å²) >= 11 is 6.22. The van der Waals surface area contributed by atoms with E-state index in [1.165, 1.54) is 4.90 Å². The summed E-state index contributed by atoms with van der Waals surface area (Å²) in [6.45, 7) is 9.24. The van der Waals surface area contributed by atoms with Crippen molar-refractivity contribution >= 4 is 34.7 Å². The van der Waals surface area contributed by atoms with Crippen molar-refractivity contribution in [3.8, 4) is 0 Å². The topological polar surface area (TPSA) is 64.1 Å². The van der Waals surface area contributed by atoms with Gasteiger partial charge in [0, 0.05) is 37.7 Å². The highest BCUT2D eigenvalue weighted by Gasteiger charge is 2.43. The van der Waals surface area contributed by atoms with E-state index in [2.05, 4.69) is 4.90 Å². The molecule has 168 valence electrons. The minimum atomic E-state index is -0.319. The molecule has 0 bridgehead atoms. The van der Waals surface area contributed by atoms with Gasteiger partial charge in [0.05, 0.1) is 17.9 Å². The number of rotatable bonds is 5. The summed E-state index contributed by atoms with van der Waals surface area (Å²) in [4.78, 5) is 33.0. The largest absolute Gasteiger partial charge is 0.395 e. The van der Waals surface area contributed by atoms with Crippen LogP contribution in [0.5, 0.6) is 0 Å². The number of amides is 2. The summed E-state index contributed by atoms with van der Waals surface area (Å²) in [5, 5.41) is 9.72. The van der Waals surface area contributed by atoms with Gasteiger partial charge in [-0.15, -0.1) is 0 Å². The lowest BCUT2D eigenvalue weighted by molar-refractivity contribution is -0.120. The molecule has 6 nitrogen and oxygen atoms in total. The Labute approximate surface area is 193 Å². The molecule has 0 radical (unpaired) electrons. The molecule has 0 aliphatic carbocycles. The zero-order chi connectivity index (χ0) is 23.0. The zero-order valence-electron chi connectivity index (χ0n) is 18.7. The van der Waals surface area contributed by atoms with Crippen molar-refractivity contribution in [3.63, 3.8) is 0 Å². The van der Waals surface area contributed by atoms with E-state index in [9.17, 15) is 14.7 Å². The van der Waals surface area contributed by atoms with Crippen molar-refractivity contribution in [2.45, 2.75) is 20.8 Å². The van der Waals surface area contributed by atoms with E-state index in [0.717, 1.165) is 35.3 Å². The molecule has 2 aromatic rings. The highest BCUT2D eigenvalue weighted by atomic mass is 35.5. The average Bonchev–Trinajstić information content (AvgIpc) is 3.01. The third kappa shape index (κ3) is 4.06. The third-order valence-electron chi connectivity index (χ3n) is 6.23. The van der Waals surface area contributed by atoms with E-state index in [-0.39, 0.29) is 18.4 Å². The number of aryl methyl sites for hydroxylation is 3. The average molecular weight is 454 g/mol. The van der Waals surface area contributed by atoms with Crippen LogP contribution >= 0.6 is 11.6 Å². The van der Waals surface area contributed by atoms with Crippen LogP contribution in [-0.4, -0.2) is 66.1 Å². The minimum Gasteiger partial charge on any atom is -0.395 e. The molecule has 0 unspecified atom stereocenters. The monoisotopic (exact) mass is 453 g/mol. The Hall–Kier alpha value is -2.67. The molecular formula is C25H28ClN3O3. The van der Waals surface area contributed by atoms with Gasteiger partial charge in [-0.3, -0.25) is 14.5 Å². The van der Waals surface area contributed by atoms with Gasteiger partial charge in [0.1, 0.15) is 5.70 Å². The first-order valence-electron chi connectivity index (χ1n) is 10.9. The molecule has 1 fully saturated rings. The summed E-state index contributed by atoms with van der Waals surface area (Å²) in [5.74, 6) is -0.633. The maximum Gasteiger partial charge on any atom is 0.282 e. The number of carbonyl (C=O) groups is 2. The molecule has 1 saturated heterocycles. The Bertz CT molecular complexity index is 1100. The highest BCUT2D eigenvalue weighted by Crippen LogP contribution is 2.38. The summed E-state index contributed by atoms with van der Waals surface area (Å²) in [5.41, 5.74) is 5.07. The molecule has 2 aromatic carbocycles. The summed E-state index contributed by atoms with van der Waals surface area (Å²) in [7, 11) is 0. The number of piperazine rings is 1. The molecule has 32 heavy (non-hydrogen) atoms. The first-order valence-corrected chi connectivity index (χ1v) is 11.2. The van der Waals surface area contributed by atoms with Crippen molar-refractivity contribution in [1.29, 1.82) is 0 Å². The number of carbonyl (C=O) groups excluding carboxylic acids is 2. The number of halogens is 1. The van der Waals surface area contributed by atoms with Crippen molar-refractivity contribution in [2.24, 2.45) is 0 Å². The molecule has 4 rings (SSSR count). The van der Waals surface area contributed by atoms with Crippen LogP contribution in [0.25, 0.3) is 5.57 Å². The number of aliphatic hydroxyl groups is 1. The van der Waals surface area contributed by atoms with Crippen LogP contribution in [0, 0.1) is 20.8 Å². The number of imide groups is 1. The molecule has 0 aromatic heterocycles. The summed E-state index contributed by atoms with van der Waals surface area (Å²) in [6.07, 6.45) is 0. The third-order valence-corrected chi connectivity index (χ3v) is 6.46. The van der Waals surface area contributed by atoms with Crippen molar-refractivity contribution in [2.75, 3.05) is 44.2 Å². The van der Waals surface area contributed by atoms with E-state index in [1.54, 1.807) is 12.1 Å². The van der Waals surface area contributed by atoms with E-state index >= 15 is 0 Å². The van der Waals surface area contributed by atoms with Gasteiger partial charge in [0.15, 0.2) is 0 Å². The number of aliphatic hydroxyl groups excluding tert-OH is 1. The van der Waals surface area contributed by atoms with Gasteiger partial charge in [-0.1, -0.05) is 41.4 Å². The molecule has 0 atom stereocenters. The Morgan fingerprint density at radius 2 is 1.62 bits per heavy atom. The SMILES string of the molecule is Cc1ccc(C2=C(N3CCN(CCO)CC3)C(=O)N(c3cc(Cl)ccc3C)C2=O)c(C)c1. The molecule has 1 N–H and O–H groups in total. The van der Waals surface area contributed by atoms with Crippen LogP contribution < -0.4 is 4.90 Å². The maximum atomic E-state index is 13.8. The number of benzene rings is 2. The maximum absolute atomic E-state index is 13.8. The predicted molar refractivity (Wildman–Crippen MR) is 127 cm³/mol. The van der Waals surface area contributed by atoms with Crippen LogP contribution in [0.15, 0.2) is 42.1 Å². The predicted octanol–water partition coefficient (Wildman–Crippen LogP) is 3.16. The lowest BCUT2D eigenvalue weighted by Crippen LogP contribution is -2.48. The fraction of sp³-hybridized carbons (Fsp3) is 0.360. The molecule has 0 saturated carbocycles. The highest BCUT2D eigenvalue weighted by molar-refractivity contribution is 6.46. The van der Waals surface area contributed by atoms with Crippen molar-refractivity contribution in [1.82, 2.24) is 9.80 Å². The smallest absolute Gasteiger partial charge is 0.282 e. The van der Waals surface area contributed by atoms with Crippen molar-refractivity contribution in [3.05, 3.63) is 69.4 Å². The summed E-state index contributed by atoms with van der Waals surface area (Å²) < 4.78 is 0. The van der Waals surface area contributed by atoms with Gasteiger partial charge in [-0.05, 0) is 49.6 Å². The Kier molecular flexibility index (Phi) is 6.38. The van der Waals surface area contributed by atoms with E-state index in [0.29, 0.717) is 41.6 Å². The number of nitrogens with zero attached hydrogens (tertiary/aromatic N) is 3. The number of β-amino-alcohol motifs (C(OH)–C–C–N with tert-alkyl or cyclic N) is 1. The fourth-order valence-corrected chi connectivity index (χ4v) is 4.69. The molecule has 0 spiro atoms. The molecule has 7 heteroatoms. The van der Waals surface area contributed by atoms with Crippen molar-refractivity contribution < 1.29 is 14.7 Å². The number of hydrogen-bond acceptors (Lipinski definition) is 5. The standard InChI is InChI=1S/C25H28ClN3O3/c1-16-4-7-20(18(3)14-16)22-23(28-10-8-27(9-11-28)12-13-30)25(32)29(24(22)31)21-15-19(26)6-5-17(21)2/h4-7,14-15,30H,8-13H2,1-3H3. The molecule has 2 heterocycles. The van der Waals surface area contributed by atoms with E-state index in [1.807, 2.05) is 49.9 Å². The van der Waals surface area contributed by atoms with E-state index < -0.39 is 0 Å². The molecule has 2 aliphatic heterocycles. The second-order valence-corrected chi connectivity index (χ2v) is 8.91. The van der Waals surface area contributed by atoms with Gasteiger partial charge in [-0.25, -0.2) is 4.90 Å². The van der Waals surface area contributed by atoms with Crippen LogP contribution in [0.4, 0.5) is 5.69 Å². The van der Waals surface area contributed by atoms with Gasteiger partial charge in [-0.2, -0.15) is 0 Å². The Morgan fingerprint density at radius 1 is 0.906 bits per heavy atom. The first-order chi connectivity index (χ1) is 15.3. The van der Waals surface area contributed by atoms with Gasteiger partial charge in [0.2, 0.25) is 0 Å². The molecule has 2 amide bonds. The number of anilines is 1. The molecule has 2 aliphatic rings. The second-order valence-electron chi connectivity index (χ2n) is 8.47. The Balaban J connectivity index is 1.81. The molecular weight excluding hydrogens is 426 g/mol. The number of hydrogen-bond donors (Lipinski definition) is 1. The van der Waals surface area contributed by atoms with E-state index in [4.69, 9.17) is 11.6 Å². The van der Waals surface area contributed by atoms with Gasteiger partial charge in [0.25, 0.3) is 11.8 Å². The quantitative estimate of drug-likeness (QED) is 0.704. The van der Waals surface area contributed by atoms with Gasteiger partial charge < -0.3 is 10.0 Å². The zero-order valence-corrected chi connectivity index (χ0v) is 19.4. The second kappa shape index (κ2) is 9.06. The van der Waals surface area contributed by atoms with Crippen LogP contribution in [0.3, 0.4) is 0 Å². The van der Waals surface area contributed by atoms with Crippen LogP contribution in [0.2, 0.25) is 5.02 Å². The fourth-order valence-electron chi connectivity index (χ4n) is 4.53. The Morgan fingerprint density at radius 3 is 2.28 bits per heavy atom.